The molecule has 1 amide bonds. The lowest BCUT2D eigenvalue weighted by Crippen LogP contribution is -2.20. The Balaban J connectivity index is 1.68. The van der Waals surface area contributed by atoms with Crippen LogP contribution in [-0.2, 0) is 9.53 Å². The number of carbonyl (C=O) groups is 1. The average Bonchev–Trinajstić information content (AvgIpc) is 2.82. The number of anilines is 2. The van der Waals surface area contributed by atoms with Crippen molar-refractivity contribution in [2.75, 3.05) is 24.3 Å². The van der Waals surface area contributed by atoms with Gasteiger partial charge in [0, 0.05) is 11.4 Å². The minimum Gasteiger partial charge on any atom is -0.399 e. The number of nitrogens with two attached hydrogens (primary N) is 1. The number of hydrogen-bond acceptors (Lipinski definition) is 3. The van der Waals surface area contributed by atoms with Crippen LogP contribution in [-0.4, -0.2) is 19.1 Å². The van der Waals surface area contributed by atoms with E-state index in [1.165, 1.54) is 25.7 Å². The van der Waals surface area contributed by atoms with Gasteiger partial charge in [0.15, 0.2) is 0 Å². The Kier molecular flexibility index (Phi) is 4.59. The molecule has 1 saturated carbocycles. The molecule has 0 bridgehead atoms. The van der Waals surface area contributed by atoms with Crippen LogP contribution in [0.25, 0.3) is 0 Å². The molecule has 1 fully saturated rings. The minimum atomic E-state index is -0.126. The second-order valence-electron chi connectivity index (χ2n) is 4.84. The smallest absolute Gasteiger partial charge is 0.250 e. The van der Waals surface area contributed by atoms with Gasteiger partial charge in [0.25, 0.3) is 0 Å². The summed E-state index contributed by atoms with van der Waals surface area (Å²) < 4.78 is 5.44. The highest BCUT2D eigenvalue weighted by atomic mass is 16.5. The number of hydrogen-bond donors (Lipinski definition) is 2. The number of carbonyl (C=O) groups excluding carboxylic acids is 1. The van der Waals surface area contributed by atoms with E-state index in [0.717, 1.165) is 0 Å². The normalized spacial score (nSPS) is 15.8. The molecule has 0 aromatic heterocycles. The largest absolute Gasteiger partial charge is 0.399 e. The number of amides is 1. The molecule has 18 heavy (non-hydrogen) atoms. The third-order valence-electron chi connectivity index (χ3n) is 3.23. The van der Waals surface area contributed by atoms with E-state index in [1.54, 1.807) is 12.1 Å². The van der Waals surface area contributed by atoms with Gasteiger partial charge in [-0.1, -0.05) is 18.9 Å². The van der Waals surface area contributed by atoms with Crippen LogP contribution in [0.4, 0.5) is 11.4 Å². The van der Waals surface area contributed by atoms with Crippen molar-refractivity contribution in [2.24, 2.45) is 5.92 Å². The molecule has 2 rings (SSSR count). The molecule has 4 heteroatoms. The second-order valence-corrected chi connectivity index (χ2v) is 4.84. The Labute approximate surface area is 108 Å². The van der Waals surface area contributed by atoms with Crippen molar-refractivity contribution < 1.29 is 9.53 Å². The first-order valence-electron chi connectivity index (χ1n) is 6.47. The van der Waals surface area contributed by atoms with E-state index in [4.69, 9.17) is 10.5 Å². The van der Waals surface area contributed by atoms with Crippen LogP contribution >= 0.6 is 0 Å². The summed E-state index contributed by atoms with van der Waals surface area (Å²) in [5.41, 5.74) is 6.99. The van der Waals surface area contributed by atoms with E-state index in [2.05, 4.69) is 5.32 Å². The molecule has 0 radical (unpaired) electrons. The van der Waals surface area contributed by atoms with Crippen LogP contribution in [0.2, 0.25) is 0 Å². The molecule has 98 valence electrons. The van der Waals surface area contributed by atoms with Crippen LogP contribution in [0.15, 0.2) is 24.3 Å². The summed E-state index contributed by atoms with van der Waals surface area (Å²) in [6, 6.07) is 7.14. The lowest BCUT2D eigenvalue weighted by molar-refractivity contribution is -0.121. The van der Waals surface area contributed by atoms with Crippen LogP contribution in [0.3, 0.4) is 0 Å². The molecule has 0 saturated heterocycles. The number of nitrogens with one attached hydrogen (secondary N) is 1. The predicted octanol–water partition coefficient (Wildman–Crippen LogP) is 2.41. The number of benzene rings is 1. The Morgan fingerprint density at radius 3 is 2.89 bits per heavy atom. The molecule has 1 aromatic carbocycles. The van der Waals surface area contributed by atoms with Crippen LogP contribution in [0, 0.1) is 5.92 Å². The summed E-state index contributed by atoms with van der Waals surface area (Å²) in [5.74, 6) is 0.517. The molecular formula is C14H20N2O2. The van der Waals surface area contributed by atoms with Gasteiger partial charge >= 0.3 is 0 Å². The van der Waals surface area contributed by atoms with E-state index in [-0.39, 0.29) is 12.5 Å². The minimum absolute atomic E-state index is 0.116. The van der Waals surface area contributed by atoms with Crippen LogP contribution < -0.4 is 11.1 Å². The summed E-state index contributed by atoms with van der Waals surface area (Å²) in [7, 11) is 0. The fourth-order valence-corrected chi connectivity index (χ4v) is 2.31. The predicted molar refractivity (Wildman–Crippen MR) is 72.3 cm³/mol. The zero-order chi connectivity index (χ0) is 12.8. The molecule has 0 aliphatic heterocycles. The molecule has 3 N–H and O–H groups in total. The highest BCUT2D eigenvalue weighted by Gasteiger charge is 2.15. The molecular weight excluding hydrogens is 228 g/mol. The third kappa shape index (κ3) is 4.04. The summed E-state index contributed by atoms with van der Waals surface area (Å²) in [4.78, 5) is 11.6. The van der Waals surface area contributed by atoms with Crippen molar-refractivity contribution in [1.29, 1.82) is 0 Å². The van der Waals surface area contributed by atoms with Gasteiger partial charge < -0.3 is 15.8 Å². The van der Waals surface area contributed by atoms with E-state index in [0.29, 0.717) is 23.9 Å². The maximum absolute atomic E-state index is 11.6. The molecule has 0 atom stereocenters. The Hall–Kier alpha value is -1.55. The molecule has 0 unspecified atom stereocenters. The van der Waals surface area contributed by atoms with Gasteiger partial charge in [0.05, 0.1) is 6.61 Å². The van der Waals surface area contributed by atoms with Crippen molar-refractivity contribution >= 4 is 17.3 Å². The maximum Gasteiger partial charge on any atom is 0.250 e. The van der Waals surface area contributed by atoms with Gasteiger partial charge in [-0.25, -0.2) is 0 Å². The van der Waals surface area contributed by atoms with Crippen LogP contribution in [0.5, 0.6) is 0 Å². The highest BCUT2D eigenvalue weighted by molar-refractivity contribution is 5.92. The van der Waals surface area contributed by atoms with E-state index >= 15 is 0 Å². The summed E-state index contributed by atoms with van der Waals surface area (Å²) in [6.07, 6.45) is 5.06. The van der Waals surface area contributed by atoms with Gasteiger partial charge in [0.2, 0.25) is 5.91 Å². The molecule has 1 aliphatic rings. The zero-order valence-corrected chi connectivity index (χ0v) is 10.5. The SMILES string of the molecule is Nc1cccc(NC(=O)COCC2CCCC2)c1. The Morgan fingerprint density at radius 1 is 1.39 bits per heavy atom. The summed E-state index contributed by atoms with van der Waals surface area (Å²) >= 11 is 0. The van der Waals surface area contributed by atoms with Crippen molar-refractivity contribution in [3.63, 3.8) is 0 Å². The summed E-state index contributed by atoms with van der Waals surface area (Å²) in [5, 5.41) is 2.76. The topological polar surface area (TPSA) is 64.3 Å². The fraction of sp³-hybridized carbons (Fsp3) is 0.500. The van der Waals surface area contributed by atoms with Crippen molar-refractivity contribution in [1.82, 2.24) is 0 Å². The average molecular weight is 248 g/mol. The van der Waals surface area contributed by atoms with E-state index in [9.17, 15) is 4.79 Å². The van der Waals surface area contributed by atoms with Crippen molar-refractivity contribution in [2.45, 2.75) is 25.7 Å². The van der Waals surface area contributed by atoms with Crippen molar-refractivity contribution in [3.05, 3.63) is 24.3 Å². The third-order valence-corrected chi connectivity index (χ3v) is 3.23. The first-order valence-corrected chi connectivity index (χ1v) is 6.47. The summed E-state index contributed by atoms with van der Waals surface area (Å²) in [6.45, 7) is 0.815. The molecule has 4 nitrogen and oxygen atoms in total. The molecule has 1 aromatic rings. The van der Waals surface area contributed by atoms with Crippen molar-refractivity contribution in [3.8, 4) is 0 Å². The van der Waals surface area contributed by atoms with E-state index in [1.807, 2.05) is 12.1 Å². The standard InChI is InChI=1S/C14H20N2O2/c15-12-6-3-7-13(8-12)16-14(17)10-18-9-11-4-1-2-5-11/h3,6-8,11H,1-2,4-5,9-10,15H2,(H,16,17). The lowest BCUT2D eigenvalue weighted by atomic mass is 10.1. The van der Waals surface area contributed by atoms with Gasteiger partial charge in [-0.05, 0) is 37.0 Å². The van der Waals surface area contributed by atoms with E-state index < -0.39 is 0 Å². The lowest BCUT2D eigenvalue weighted by Gasteiger charge is -2.10. The first kappa shape index (κ1) is 12.9. The molecule has 1 aliphatic carbocycles. The number of rotatable bonds is 5. The maximum atomic E-state index is 11.6. The number of nitrogen functional groups attached to an aromatic ring is 1. The monoisotopic (exact) mass is 248 g/mol. The Bertz CT molecular complexity index is 401. The zero-order valence-electron chi connectivity index (χ0n) is 10.5. The number of ether oxygens (including phenoxy) is 1. The molecule has 0 heterocycles. The van der Waals surface area contributed by atoms with Crippen LogP contribution in [0.1, 0.15) is 25.7 Å². The quantitative estimate of drug-likeness (QED) is 0.786. The highest BCUT2D eigenvalue weighted by Crippen LogP contribution is 2.24. The van der Waals surface area contributed by atoms with Gasteiger partial charge in [0.1, 0.15) is 6.61 Å². The molecule has 0 spiro atoms. The fourth-order valence-electron chi connectivity index (χ4n) is 2.31. The van der Waals surface area contributed by atoms with Gasteiger partial charge in [-0.3, -0.25) is 4.79 Å². The van der Waals surface area contributed by atoms with Gasteiger partial charge in [-0.15, -0.1) is 0 Å². The second kappa shape index (κ2) is 6.40. The first-order chi connectivity index (χ1) is 8.74. The van der Waals surface area contributed by atoms with Gasteiger partial charge in [-0.2, -0.15) is 0 Å². The Morgan fingerprint density at radius 2 is 2.17 bits per heavy atom.